The highest BCUT2D eigenvalue weighted by molar-refractivity contribution is 8.03. The zero-order chi connectivity index (χ0) is 9.64. The molecule has 2 aliphatic rings. The van der Waals surface area contributed by atoms with Crippen LogP contribution in [0.1, 0.15) is 0 Å². The molecule has 0 unspecified atom stereocenters. The maximum atomic E-state index is 2.25. The first-order chi connectivity index (χ1) is 6.95. The van der Waals surface area contributed by atoms with Crippen molar-refractivity contribution in [3.05, 3.63) is 48.6 Å². The van der Waals surface area contributed by atoms with E-state index in [1.165, 1.54) is 11.5 Å². The Morgan fingerprint density at radius 3 is 1.36 bits per heavy atom. The number of rotatable bonds is 5. The molecule has 0 spiro atoms. The molecule has 74 valence electrons. The van der Waals surface area contributed by atoms with Gasteiger partial charge in [-0.05, 0) is 0 Å². The average molecular weight is 222 g/mol. The highest BCUT2D eigenvalue weighted by Crippen LogP contribution is 2.22. The molecule has 0 aliphatic heterocycles. The van der Waals surface area contributed by atoms with Crippen LogP contribution in [0.15, 0.2) is 48.6 Å². The van der Waals surface area contributed by atoms with E-state index >= 15 is 0 Å². The summed E-state index contributed by atoms with van der Waals surface area (Å²) >= 11 is 4.05. The molecule has 0 bridgehead atoms. The van der Waals surface area contributed by atoms with E-state index in [0.717, 1.165) is 0 Å². The van der Waals surface area contributed by atoms with Gasteiger partial charge in [0.05, 0.1) is 0 Å². The molecule has 0 saturated heterocycles. The van der Waals surface area contributed by atoms with Gasteiger partial charge in [-0.2, -0.15) is 0 Å². The molecule has 0 aromatic carbocycles. The fourth-order valence-electron chi connectivity index (χ4n) is 1.41. The van der Waals surface area contributed by atoms with Gasteiger partial charge in [0.25, 0.3) is 0 Å². The molecule has 0 nitrogen and oxygen atoms in total. The van der Waals surface area contributed by atoms with E-state index in [9.17, 15) is 0 Å². The molecule has 0 heterocycles. The van der Waals surface area contributed by atoms with Gasteiger partial charge < -0.3 is 0 Å². The highest BCUT2D eigenvalue weighted by Gasteiger charge is 2.06. The summed E-state index contributed by atoms with van der Waals surface area (Å²) in [6.45, 7) is 0. The first-order valence-corrected chi connectivity index (χ1v) is 6.98. The lowest BCUT2D eigenvalue weighted by molar-refractivity contribution is 1.40. The lowest BCUT2D eigenvalue weighted by Gasteiger charge is -2.07. The second kappa shape index (κ2) is 5.52. The summed E-state index contributed by atoms with van der Waals surface area (Å²) in [6.07, 6.45) is 17.5. The molecule has 0 atom stereocenters. The number of hydrogen-bond donors (Lipinski definition) is 0. The minimum Gasteiger partial charge on any atom is -0.149 e. The van der Waals surface area contributed by atoms with Gasteiger partial charge in [0, 0.05) is 22.0 Å². The molecule has 0 amide bonds. The Kier molecular flexibility index (Phi) is 4.02. The monoisotopic (exact) mass is 222 g/mol. The highest BCUT2D eigenvalue weighted by atomic mass is 32.2. The van der Waals surface area contributed by atoms with E-state index < -0.39 is 0 Å². The van der Waals surface area contributed by atoms with Gasteiger partial charge in [-0.15, -0.1) is 23.5 Å². The zero-order valence-corrected chi connectivity index (χ0v) is 9.64. The fourth-order valence-corrected chi connectivity index (χ4v) is 3.54. The molecular formula is C12H14S2. The van der Waals surface area contributed by atoms with Crippen molar-refractivity contribution >= 4 is 23.5 Å². The summed E-state index contributed by atoms with van der Waals surface area (Å²) in [4.78, 5) is 0. The second-order valence-corrected chi connectivity index (χ2v) is 5.78. The van der Waals surface area contributed by atoms with Gasteiger partial charge in [0.2, 0.25) is 0 Å². The molecule has 0 saturated carbocycles. The van der Waals surface area contributed by atoms with E-state index in [0.29, 0.717) is 10.5 Å². The number of hydrogen-bond acceptors (Lipinski definition) is 2. The summed E-state index contributed by atoms with van der Waals surface area (Å²) in [5, 5.41) is 1.26. The molecule has 2 rings (SSSR count). The maximum Gasteiger partial charge on any atom is 0.0413 e. The largest absolute Gasteiger partial charge is 0.149 e. The Morgan fingerprint density at radius 2 is 1.00 bits per heavy atom. The van der Waals surface area contributed by atoms with Gasteiger partial charge in [0.15, 0.2) is 0 Å². The molecule has 14 heavy (non-hydrogen) atoms. The summed E-state index contributed by atoms with van der Waals surface area (Å²) in [7, 11) is 0. The van der Waals surface area contributed by atoms with Gasteiger partial charge in [-0.3, -0.25) is 0 Å². The Morgan fingerprint density at radius 1 is 0.643 bits per heavy atom. The van der Waals surface area contributed by atoms with Gasteiger partial charge in [0.1, 0.15) is 0 Å². The predicted molar refractivity (Wildman–Crippen MR) is 69.1 cm³/mol. The first kappa shape index (κ1) is 10.2. The Balaban J connectivity index is 1.55. The van der Waals surface area contributed by atoms with Crippen molar-refractivity contribution in [3.8, 4) is 0 Å². The Bertz CT molecular complexity index is 233. The number of thioether (sulfide) groups is 2. The molecule has 0 N–H and O–H groups in total. The fraction of sp³-hybridized carbons (Fsp3) is 0.333. The molecule has 0 aromatic rings. The van der Waals surface area contributed by atoms with Crippen LogP contribution in [0.25, 0.3) is 0 Å². The maximum absolute atomic E-state index is 2.25. The Labute approximate surface area is 94.2 Å². The quantitative estimate of drug-likeness (QED) is 0.654. The van der Waals surface area contributed by atoms with Crippen molar-refractivity contribution in [3.63, 3.8) is 0 Å². The third-order valence-electron chi connectivity index (χ3n) is 2.13. The smallest absolute Gasteiger partial charge is 0.0413 e. The minimum atomic E-state index is 0.630. The van der Waals surface area contributed by atoms with Crippen molar-refractivity contribution in [2.75, 3.05) is 11.5 Å². The van der Waals surface area contributed by atoms with Crippen molar-refractivity contribution in [2.24, 2.45) is 0 Å². The third kappa shape index (κ3) is 3.10. The van der Waals surface area contributed by atoms with Gasteiger partial charge >= 0.3 is 0 Å². The molecule has 2 heteroatoms. The second-order valence-electron chi connectivity index (χ2n) is 3.21. The topological polar surface area (TPSA) is 0 Å². The standard InChI is InChI=1S/C12H14S2/c1-2-6-11(5-1)13-9-10-14-12-7-3-4-8-12/h1-8,11-12H,9-10H2. The molecule has 0 radical (unpaired) electrons. The van der Waals surface area contributed by atoms with E-state index in [4.69, 9.17) is 0 Å². The van der Waals surface area contributed by atoms with Crippen molar-refractivity contribution in [1.82, 2.24) is 0 Å². The SMILES string of the molecule is C1=CC(SCCSC2C=CC=C2)C=C1. The zero-order valence-electron chi connectivity index (χ0n) is 8.00. The summed E-state index contributed by atoms with van der Waals surface area (Å²) in [5.74, 6) is 2.48. The number of allylic oxidation sites excluding steroid dienone is 4. The molecule has 0 fully saturated rings. The van der Waals surface area contributed by atoms with Crippen LogP contribution in [-0.2, 0) is 0 Å². The van der Waals surface area contributed by atoms with Crippen molar-refractivity contribution < 1.29 is 0 Å². The van der Waals surface area contributed by atoms with Gasteiger partial charge in [-0.25, -0.2) is 0 Å². The Hall–Kier alpha value is -0.340. The van der Waals surface area contributed by atoms with E-state index in [1.54, 1.807) is 0 Å². The molecule has 0 aromatic heterocycles. The molecule has 2 aliphatic carbocycles. The van der Waals surface area contributed by atoms with Crippen LogP contribution in [0.4, 0.5) is 0 Å². The third-order valence-corrected chi connectivity index (χ3v) is 4.67. The van der Waals surface area contributed by atoms with Crippen molar-refractivity contribution in [2.45, 2.75) is 10.5 Å². The average Bonchev–Trinajstić information content (AvgIpc) is 2.86. The molecular weight excluding hydrogens is 208 g/mol. The van der Waals surface area contributed by atoms with E-state index in [2.05, 4.69) is 48.6 Å². The van der Waals surface area contributed by atoms with Gasteiger partial charge in [-0.1, -0.05) is 48.6 Å². The van der Waals surface area contributed by atoms with Crippen LogP contribution in [0.2, 0.25) is 0 Å². The van der Waals surface area contributed by atoms with Crippen molar-refractivity contribution in [1.29, 1.82) is 0 Å². The summed E-state index contributed by atoms with van der Waals surface area (Å²) in [6, 6.07) is 0. The van der Waals surface area contributed by atoms with Crippen LogP contribution < -0.4 is 0 Å². The predicted octanol–water partition coefficient (Wildman–Crippen LogP) is 3.44. The first-order valence-electron chi connectivity index (χ1n) is 4.88. The summed E-state index contributed by atoms with van der Waals surface area (Å²) in [5.41, 5.74) is 0. The summed E-state index contributed by atoms with van der Waals surface area (Å²) < 4.78 is 0. The van der Waals surface area contributed by atoms with Crippen LogP contribution in [0.3, 0.4) is 0 Å². The normalized spacial score (nSPS) is 20.3. The van der Waals surface area contributed by atoms with E-state index in [-0.39, 0.29) is 0 Å². The lowest BCUT2D eigenvalue weighted by atomic mass is 10.5. The lowest BCUT2D eigenvalue weighted by Crippen LogP contribution is -1.97. The van der Waals surface area contributed by atoms with Crippen LogP contribution >= 0.6 is 23.5 Å². The van der Waals surface area contributed by atoms with Crippen LogP contribution in [0.5, 0.6) is 0 Å². The minimum absolute atomic E-state index is 0.630. The van der Waals surface area contributed by atoms with Crippen LogP contribution in [-0.4, -0.2) is 22.0 Å². The van der Waals surface area contributed by atoms with Crippen LogP contribution in [0, 0.1) is 0 Å². The van der Waals surface area contributed by atoms with E-state index in [1.807, 2.05) is 23.5 Å².